The summed E-state index contributed by atoms with van der Waals surface area (Å²) in [5, 5.41) is 0. The van der Waals surface area contributed by atoms with Crippen molar-refractivity contribution in [3.05, 3.63) is 42.2 Å². The van der Waals surface area contributed by atoms with E-state index >= 15 is 0 Å². The van der Waals surface area contributed by atoms with Crippen molar-refractivity contribution in [2.45, 2.75) is 13.0 Å². The van der Waals surface area contributed by atoms with Gasteiger partial charge in [0.25, 0.3) is 0 Å². The Morgan fingerprint density at radius 2 is 2.50 bits per heavy atom. The van der Waals surface area contributed by atoms with E-state index in [1.54, 1.807) is 12.3 Å². The maximum Gasteiger partial charge on any atom is 0.0809 e. The number of nitrogens with one attached hydrogen (secondary N) is 1. The average Bonchev–Trinajstić information content (AvgIpc) is 2.07. The third-order valence-electron chi connectivity index (χ3n) is 1.67. The molecule has 0 bridgehead atoms. The van der Waals surface area contributed by atoms with Crippen molar-refractivity contribution in [3.8, 4) is 0 Å². The lowest BCUT2D eigenvalue weighted by molar-refractivity contribution is 0.639. The van der Waals surface area contributed by atoms with E-state index in [0.717, 1.165) is 5.69 Å². The molecule has 0 saturated heterocycles. The van der Waals surface area contributed by atoms with Gasteiger partial charge in [0.05, 0.1) is 11.7 Å². The van der Waals surface area contributed by atoms with Crippen molar-refractivity contribution in [2.75, 3.05) is 0 Å². The molecule has 0 radical (unpaired) electrons. The van der Waals surface area contributed by atoms with E-state index in [9.17, 15) is 0 Å². The third kappa shape index (κ3) is 1.90. The number of nitrogens with two attached hydrogens (primary N) is 1. The van der Waals surface area contributed by atoms with Crippen molar-refractivity contribution in [1.82, 2.24) is 10.4 Å². The van der Waals surface area contributed by atoms with Gasteiger partial charge < -0.3 is 0 Å². The summed E-state index contributed by atoms with van der Waals surface area (Å²) in [5.41, 5.74) is 4.68. The first-order chi connectivity index (χ1) is 5.77. The molecule has 64 valence electrons. The fraction of sp³-hybridized carbons (Fsp3) is 0.222. The maximum atomic E-state index is 5.30. The number of hydrogen-bond donors (Lipinski definition) is 2. The molecule has 0 aromatic carbocycles. The Morgan fingerprint density at radius 3 is 3.00 bits per heavy atom. The molecular weight excluding hydrogens is 150 g/mol. The lowest BCUT2D eigenvalue weighted by Crippen LogP contribution is -2.27. The minimum atomic E-state index is -0.0649. The maximum absolute atomic E-state index is 5.30. The first-order valence-corrected chi connectivity index (χ1v) is 3.79. The number of hydrazine groups is 1. The van der Waals surface area contributed by atoms with Gasteiger partial charge in [-0.2, -0.15) is 0 Å². The molecule has 0 amide bonds. The lowest BCUT2D eigenvalue weighted by Gasteiger charge is -2.09. The average molecular weight is 163 g/mol. The number of aromatic nitrogens is 1. The molecule has 3 heteroatoms. The Labute approximate surface area is 72.3 Å². The molecule has 1 aromatic heterocycles. The zero-order valence-corrected chi connectivity index (χ0v) is 7.12. The molecule has 0 aliphatic rings. The summed E-state index contributed by atoms with van der Waals surface area (Å²) in [5.74, 6) is 5.30. The van der Waals surface area contributed by atoms with Crippen LogP contribution in [0.5, 0.6) is 0 Å². The van der Waals surface area contributed by atoms with E-state index < -0.39 is 0 Å². The van der Waals surface area contributed by atoms with Crippen LogP contribution in [0.25, 0.3) is 0 Å². The Balaban J connectivity index is 2.93. The van der Waals surface area contributed by atoms with E-state index in [4.69, 9.17) is 5.84 Å². The van der Waals surface area contributed by atoms with Crippen molar-refractivity contribution < 1.29 is 0 Å². The highest BCUT2D eigenvalue weighted by atomic mass is 15.2. The highest BCUT2D eigenvalue weighted by Gasteiger charge is 2.04. The van der Waals surface area contributed by atoms with E-state index in [-0.39, 0.29) is 6.04 Å². The van der Waals surface area contributed by atoms with Gasteiger partial charge in [0, 0.05) is 6.20 Å². The van der Waals surface area contributed by atoms with E-state index in [2.05, 4.69) is 17.0 Å². The van der Waals surface area contributed by atoms with Crippen LogP contribution in [-0.4, -0.2) is 4.98 Å². The molecule has 3 N–H and O–H groups in total. The summed E-state index contributed by atoms with van der Waals surface area (Å²) in [7, 11) is 0. The molecule has 0 fully saturated rings. The molecule has 1 aromatic rings. The molecule has 1 atom stereocenters. The highest BCUT2D eigenvalue weighted by molar-refractivity contribution is 5.19. The van der Waals surface area contributed by atoms with Gasteiger partial charge in [0.15, 0.2) is 0 Å². The third-order valence-corrected chi connectivity index (χ3v) is 1.67. The van der Waals surface area contributed by atoms with Gasteiger partial charge in [-0.1, -0.05) is 6.08 Å². The Bertz CT molecular complexity index is 270. The monoisotopic (exact) mass is 163 g/mol. The zero-order chi connectivity index (χ0) is 8.97. The molecular formula is C9H13N3. The standard InChI is InChI=1S/C9H13N3/c1-3-8(12-10)9-6-7(2)4-5-11-9/h3-6,8,12H,1,10H2,2H3. The first-order valence-electron chi connectivity index (χ1n) is 3.79. The van der Waals surface area contributed by atoms with Crippen LogP contribution in [0.3, 0.4) is 0 Å². The zero-order valence-electron chi connectivity index (χ0n) is 7.12. The second-order valence-electron chi connectivity index (χ2n) is 2.64. The van der Waals surface area contributed by atoms with Gasteiger partial charge in [0.2, 0.25) is 0 Å². The van der Waals surface area contributed by atoms with Crippen LogP contribution >= 0.6 is 0 Å². The largest absolute Gasteiger partial charge is 0.271 e. The van der Waals surface area contributed by atoms with E-state index in [0.29, 0.717) is 0 Å². The van der Waals surface area contributed by atoms with Crippen LogP contribution in [0, 0.1) is 6.92 Å². The van der Waals surface area contributed by atoms with Crippen LogP contribution in [0.1, 0.15) is 17.3 Å². The second kappa shape index (κ2) is 3.99. The van der Waals surface area contributed by atoms with E-state index in [1.807, 2.05) is 19.1 Å². The quantitative estimate of drug-likeness (QED) is 0.398. The minimum Gasteiger partial charge on any atom is -0.271 e. The number of aryl methyl sites for hydroxylation is 1. The Kier molecular flexibility index (Phi) is 2.96. The van der Waals surface area contributed by atoms with Crippen molar-refractivity contribution in [1.29, 1.82) is 0 Å². The molecule has 0 aliphatic heterocycles. The molecule has 12 heavy (non-hydrogen) atoms. The second-order valence-corrected chi connectivity index (χ2v) is 2.64. The minimum absolute atomic E-state index is 0.0649. The van der Waals surface area contributed by atoms with E-state index in [1.165, 1.54) is 5.56 Å². The Morgan fingerprint density at radius 1 is 1.75 bits per heavy atom. The summed E-state index contributed by atoms with van der Waals surface area (Å²) in [6.45, 7) is 5.67. The molecule has 1 unspecified atom stereocenters. The van der Waals surface area contributed by atoms with Gasteiger partial charge in [-0.25, -0.2) is 5.43 Å². The van der Waals surface area contributed by atoms with Gasteiger partial charge in [-0.15, -0.1) is 6.58 Å². The molecule has 1 heterocycles. The van der Waals surface area contributed by atoms with Crippen molar-refractivity contribution >= 4 is 0 Å². The van der Waals surface area contributed by atoms with Gasteiger partial charge >= 0.3 is 0 Å². The fourth-order valence-corrected chi connectivity index (χ4v) is 1.00. The molecule has 1 rings (SSSR count). The Hall–Kier alpha value is -1.19. The van der Waals surface area contributed by atoms with Crippen LogP contribution in [0.15, 0.2) is 31.0 Å². The van der Waals surface area contributed by atoms with Crippen LogP contribution < -0.4 is 11.3 Å². The summed E-state index contributed by atoms with van der Waals surface area (Å²) < 4.78 is 0. The van der Waals surface area contributed by atoms with Crippen LogP contribution in [0.2, 0.25) is 0 Å². The number of pyridine rings is 1. The van der Waals surface area contributed by atoms with Crippen LogP contribution in [0.4, 0.5) is 0 Å². The summed E-state index contributed by atoms with van der Waals surface area (Å²) in [4.78, 5) is 4.17. The lowest BCUT2D eigenvalue weighted by atomic mass is 10.1. The highest BCUT2D eigenvalue weighted by Crippen LogP contribution is 2.10. The number of hydrogen-bond acceptors (Lipinski definition) is 3. The molecule has 0 saturated carbocycles. The fourth-order valence-electron chi connectivity index (χ4n) is 1.00. The van der Waals surface area contributed by atoms with Crippen LogP contribution in [-0.2, 0) is 0 Å². The van der Waals surface area contributed by atoms with Gasteiger partial charge in [-0.3, -0.25) is 10.8 Å². The first kappa shape index (κ1) is 8.90. The topological polar surface area (TPSA) is 50.9 Å². The smallest absolute Gasteiger partial charge is 0.0809 e. The number of rotatable bonds is 3. The summed E-state index contributed by atoms with van der Waals surface area (Å²) in [6.07, 6.45) is 3.49. The predicted octanol–water partition coefficient (Wildman–Crippen LogP) is 1.08. The molecule has 3 nitrogen and oxygen atoms in total. The molecule has 0 aliphatic carbocycles. The van der Waals surface area contributed by atoms with Crippen molar-refractivity contribution in [2.24, 2.45) is 5.84 Å². The van der Waals surface area contributed by atoms with Gasteiger partial charge in [-0.05, 0) is 24.6 Å². The normalized spacial score (nSPS) is 12.5. The predicted molar refractivity (Wildman–Crippen MR) is 49.2 cm³/mol. The number of nitrogens with zero attached hydrogens (tertiary/aromatic N) is 1. The van der Waals surface area contributed by atoms with Gasteiger partial charge in [0.1, 0.15) is 0 Å². The molecule has 0 spiro atoms. The summed E-state index contributed by atoms with van der Waals surface area (Å²) >= 11 is 0. The van der Waals surface area contributed by atoms with Crippen molar-refractivity contribution in [3.63, 3.8) is 0 Å². The SMILES string of the molecule is C=CC(NN)c1cc(C)ccn1. The summed E-state index contributed by atoms with van der Waals surface area (Å²) in [6, 6.07) is 3.86.